The predicted molar refractivity (Wildman–Crippen MR) is 117 cm³/mol. The highest BCUT2D eigenvalue weighted by Gasteiger charge is 2.42. The van der Waals surface area contributed by atoms with E-state index in [0.717, 1.165) is 28.8 Å². The molecule has 2 heterocycles. The van der Waals surface area contributed by atoms with E-state index in [1.165, 1.54) is 5.56 Å². The zero-order chi connectivity index (χ0) is 20.8. The molecular weight excluding hydrogens is 448 g/mol. The maximum atomic E-state index is 6.40. The Morgan fingerprint density at radius 2 is 1.90 bits per heavy atom. The van der Waals surface area contributed by atoms with Crippen molar-refractivity contribution in [1.82, 2.24) is 9.55 Å². The van der Waals surface area contributed by atoms with E-state index < -0.39 is 5.79 Å². The zero-order valence-electron chi connectivity index (χ0n) is 16.9. The van der Waals surface area contributed by atoms with Crippen LogP contribution in [0.4, 0.5) is 0 Å². The Balaban J connectivity index is 1.39. The number of hydrogen-bond donors (Lipinski definition) is 0. The largest absolute Gasteiger partial charge is 0.497 e. The third kappa shape index (κ3) is 5.41. The van der Waals surface area contributed by atoms with Crippen molar-refractivity contribution < 1.29 is 18.9 Å². The Bertz CT molecular complexity index is 915. The maximum absolute atomic E-state index is 6.40. The highest BCUT2D eigenvalue weighted by molar-refractivity contribution is 9.10. The Morgan fingerprint density at radius 1 is 1.13 bits per heavy atom. The van der Waals surface area contributed by atoms with Crippen LogP contribution in [-0.4, -0.2) is 41.8 Å². The highest BCUT2D eigenvalue weighted by atomic mass is 79.9. The molecule has 0 saturated carbocycles. The van der Waals surface area contributed by atoms with E-state index in [9.17, 15) is 0 Å². The summed E-state index contributed by atoms with van der Waals surface area (Å²) in [5.41, 5.74) is 1.21. The molecule has 4 rings (SSSR count). The minimum Gasteiger partial charge on any atom is -0.497 e. The van der Waals surface area contributed by atoms with Gasteiger partial charge in [-0.25, -0.2) is 4.98 Å². The number of hydrogen-bond acceptors (Lipinski definition) is 5. The molecule has 2 aromatic carbocycles. The summed E-state index contributed by atoms with van der Waals surface area (Å²) in [4.78, 5) is 4.14. The van der Waals surface area contributed by atoms with Crippen molar-refractivity contribution in [2.45, 2.75) is 31.3 Å². The van der Waals surface area contributed by atoms with Gasteiger partial charge < -0.3 is 23.5 Å². The number of imidazole rings is 1. The molecule has 0 radical (unpaired) electrons. The fourth-order valence-electron chi connectivity index (χ4n) is 3.50. The molecule has 0 bridgehead atoms. The van der Waals surface area contributed by atoms with Crippen LogP contribution >= 0.6 is 15.9 Å². The number of aryl methyl sites for hydroxylation is 1. The number of aromatic nitrogens is 2. The van der Waals surface area contributed by atoms with Crippen molar-refractivity contribution in [3.63, 3.8) is 0 Å². The Kier molecular flexibility index (Phi) is 6.72. The number of ether oxygens (including phenoxy) is 4. The molecule has 2 unspecified atom stereocenters. The topological polar surface area (TPSA) is 54.7 Å². The molecule has 3 aromatic rings. The van der Waals surface area contributed by atoms with Gasteiger partial charge in [0.25, 0.3) is 0 Å². The van der Waals surface area contributed by atoms with E-state index in [2.05, 4.69) is 33.0 Å². The molecule has 158 valence electrons. The Morgan fingerprint density at radius 3 is 2.60 bits per heavy atom. The normalized spacial score (nSPS) is 20.9. The SMILES string of the molecule is COc1ccc(CCC2(Cn3ccnc3)OCC(COc3ccc(Br)cc3)O2)cc1. The highest BCUT2D eigenvalue weighted by Crippen LogP contribution is 2.31. The Labute approximate surface area is 184 Å². The molecule has 0 aliphatic carbocycles. The van der Waals surface area contributed by atoms with Gasteiger partial charge in [0.05, 0.1) is 26.6 Å². The molecule has 6 nitrogen and oxygen atoms in total. The van der Waals surface area contributed by atoms with Crippen LogP contribution in [0.15, 0.2) is 71.7 Å². The van der Waals surface area contributed by atoms with Crippen LogP contribution in [-0.2, 0) is 22.4 Å². The summed E-state index contributed by atoms with van der Waals surface area (Å²) < 4.78 is 26.8. The molecule has 1 fully saturated rings. The summed E-state index contributed by atoms with van der Waals surface area (Å²) in [7, 11) is 1.67. The minimum atomic E-state index is -0.714. The molecule has 0 amide bonds. The second-order valence-corrected chi connectivity index (χ2v) is 8.23. The summed E-state index contributed by atoms with van der Waals surface area (Å²) in [6.07, 6.45) is 6.90. The number of rotatable bonds is 9. The van der Waals surface area contributed by atoms with Gasteiger partial charge in [-0.3, -0.25) is 0 Å². The first-order valence-electron chi connectivity index (χ1n) is 9.93. The standard InChI is InChI=1S/C23H25BrN2O4/c1-27-20-6-2-18(3-7-20)10-11-23(16-26-13-12-25-17-26)29-15-22(30-23)14-28-21-8-4-19(24)5-9-21/h2-9,12-13,17,22H,10-11,14-16H2,1H3. The van der Waals surface area contributed by atoms with Crippen molar-refractivity contribution in [2.24, 2.45) is 0 Å². The first-order chi connectivity index (χ1) is 14.6. The first kappa shape index (κ1) is 20.9. The predicted octanol–water partition coefficient (Wildman–Crippen LogP) is 4.48. The van der Waals surface area contributed by atoms with Crippen molar-refractivity contribution >= 4 is 15.9 Å². The van der Waals surface area contributed by atoms with Gasteiger partial charge in [-0.15, -0.1) is 0 Å². The van der Waals surface area contributed by atoms with E-state index in [-0.39, 0.29) is 6.10 Å². The summed E-state index contributed by atoms with van der Waals surface area (Å²) in [6, 6.07) is 15.9. The average molecular weight is 473 g/mol. The Hall–Kier alpha value is -2.35. The summed E-state index contributed by atoms with van der Waals surface area (Å²) in [5.74, 6) is 0.950. The fourth-order valence-corrected chi connectivity index (χ4v) is 3.76. The first-order valence-corrected chi connectivity index (χ1v) is 10.7. The van der Waals surface area contributed by atoms with Gasteiger partial charge in [-0.1, -0.05) is 28.1 Å². The van der Waals surface area contributed by atoms with Gasteiger partial charge in [0, 0.05) is 23.3 Å². The number of methoxy groups -OCH3 is 1. The van der Waals surface area contributed by atoms with Gasteiger partial charge in [-0.05, 0) is 48.4 Å². The zero-order valence-corrected chi connectivity index (χ0v) is 18.5. The third-order valence-corrected chi connectivity index (χ3v) is 5.63. The quantitative estimate of drug-likeness (QED) is 0.459. The average Bonchev–Trinajstić information content (AvgIpc) is 3.43. The van der Waals surface area contributed by atoms with Crippen LogP contribution in [0.3, 0.4) is 0 Å². The smallest absolute Gasteiger partial charge is 0.187 e. The van der Waals surface area contributed by atoms with E-state index >= 15 is 0 Å². The van der Waals surface area contributed by atoms with Gasteiger partial charge >= 0.3 is 0 Å². The third-order valence-electron chi connectivity index (χ3n) is 5.10. The monoisotopic (exact) mass is 472 g/mol. The van der Waals surface area contributed by atoms with Gasteiger partial charge in [0.1, 0.15) is 24.2 Å². The second-order valence-electron chi connectivity index (χ2n) is 7.31. The van der Waals surface area contributed by atoms with Crippen molar-refractivity contribution in [3.8, 4) is 11.5 Å². The minimum absolute atomic E-state index is 0.131. The van der Waals surface area contributed by atoms with Crippen LogP contribution in [0.5, 0.6) is 11.5 Å². The lowest BCUT2D eigenvalue weighted by molar-refractivity contribution is -0.184. The molecule has 7 heteroatoms. The molecule has 0 N–H and O–H groups in total. The number of halogens is 1. The van der Waals surface area contributed by atoms with E-state index in [1.54, 1.807) is 19.6 Å². The second kappa shape index (κ2) is 9.64. The lowest BCUT2D eigenvalue weighted by Gasteiger charge is -2.28. The van der Waals surface area contributed by atoms with E-state index in [0.29, 0.717) is 19.8 Å². The summed E-state index contributed by atoms with van der Waals surface area (Å²) >= 11 is 3.44. The van der Waals surface area contributed by atoms with Crippen LogP contribution in [0, 0.1) is 0 Å². The van der Waals surface area contributed by atoms with Crippen molar-refractivity contribution in [2.75, 3.05) is 20.3 Å². The lowest BCUT2D eigenvalue weighted by atomic mass is 10.0. The van der Waals surface area contributed by atoms with Gasteiger partial charge in [-0.2, -0.15) is 0 Å². The van der Waals surface area contributed by atoms with E-state index in [1.807, 2.05) is 47.2 Å². The van der Waals surface area contributed by atoms with Crippen LogP contribution in [0.2, 0.25) is 0 Å². The molecule has 0 spiro atoms. The van der Waals surface area contributed by atoms with Crippen LogP contribution in [0.25, 0.3) is 0 Å². The molecule has 1 aromatic heterocycles. The molecule has 2 atom stereocenters. The van der Waals surface area contributed by atoms with Crippen LogP contribution in [0.1, 0.15) is 12.0 Å². The van der Waals surface area contributed by atoms with Gasteiger partial charge in [0.15, 0.2) is 5.79 Å². The molecule has 1 aliphatic rings. The van der Waals surface area contributed by atoms with E-state index in [4.69, 9.17) is 18.9 Å². The van der Waals surface area contributed by atoms with Gasteiger partial charge in [0.2, 0.25) is 0 Å². The summed E-state index contributed by atoms with van der Waals surface area (Å²) in [5, 5.41) is 0. The number of nitrogens with zero attached hydrogens (tertiary/aromatic N) is 2. The maximum Gasteiger partial charge on any atom is 0.187 e. The number of benzene rings is 2. The lowest BCUT2D eigenvalue weighted by Crippen LogP contribution is -2.37. The molecule has 1 saturated heterocycles. The van der Waals surface area contributed by atoms with Crippen molar-refractivity contribution in [3.05, 3.63) is 77.3 Å². The summed E-state index contributed by atoms with van der Waals surface area (Å²) in [6.45, 7) is 1.52. The van der Waals surface area contributed by atoms with Crippen LogP contribution < -0.4 is 9.47 Å². The molecule has 1 aliphatic heterocycles. The van der Waals surface area contributed by atoms with Crippen molar-refractivity contribution in [1.29, 1.82) is 0 Å². The fraction of sp³-hybridized carbons (Fsp3) is 0.348. The molecular formula is C23H25BrN2O4. The molecule has 30 heavy (non-hydrogen) atoms.